The normalized spacial score (nSPS) is 35.0. The molecule has 0 amide bonds. The maximum Gasteiger partial charge on any atom is 0.0622 e. The highest BCUT2D eigenvalue weighted by Crippen LogP contribution is 2.60. The van der Waals surface area contributed by atoms with Gasteiger partial charge >= 0.3 is 0 Å². The van der Waals surface area contributed by atoms with Gasteiger partial charge in [-0.3, -0.25) is 0 Å². The van der Waals surface area contributed by atoms with E-state index in [-0.39, 0.29) is 0 Å². The summed E-state index contributed by atoms with van der Waals surface area (Å²) in [7, 11) is 0. The van der Waals surface area contributed by atoms with Crippen molar-refractivity contribution >= 4 is 0 Å². The predicted molar refractivity (Wildman–Crippen MR) is 137 cm³/mol. The van der Waals surface area contributed by atoms with Gasteiger partial charge in [-0.25, -0.2) is 0 Å². The number of fused-ring (bicyclic) bond motifs is 1. The second-order valence-electron chi connectivity index (χ2n) is 12.4. The second-order valence-corrected chi connectivity index (χ2v) is 12.4. The summed E-state index contributed by atoms with van der Waals surface area (Å²) in [5, 5.41) is 10.1. The maximum atomic E-state index is 10.1. The molecule has 0 saturated heterocycles. The van der Waals surface area contributed by atoms with Crippen molar-refractivity contribution < 1.29 is 9.84 Å². The molecule has 0 unspecified atom stereocenters. The molecule has 5 atom stereocenters. The summed E-state index contributed by atoms with van der Waals surface area (Å²) in [5.41, 5.74) is 4.34. The summed E-state index contributed by atoms with van der Waals surface area (Å²) < 4.78 is 6.12. The zero-order valence-electron chi connectivity index (χ0n) is 21.9. The molecule has 0 aromatic heterocycles. The molecule has 0 aromatic carbocycles. The third-order valence-electron chi connectivity index (χ3n) is 8.81. The molecular weight excluding hydrogens is 392 g/mol. The van der Waals surface area contributed by atoms with E-state index in [2.05, 4.69) is 46.4 Å². The lowest BCUT2D eigenvalue weighted by Crippen LogP contribution is -2.36. The average Bonchev–Trinajstić information content (AvgIpc) is 3.04. The van der Waals surface area contributed by atoms with Gasteiger partial charge in [0.1, 0.15) is 0 Å². The van der Waals surface area contributed by atoms with Crippen molar-refractivity contribution in [2.75, 3.05) is 0 Å². The third-order valence-corrected chi connectivity index (χ3v) is 8.81. The number of rotatable bonds is 8. The first-order chi connectivity index (χ1) is 15.0. The summed E-state index contributed by atoms with van der Waals surface area (Å²) in [6.45, 7) is 17.6. The highest BCUT2D eigenvalue weighted by atomic mass is 16.5. The number of hydrogen-bond acceptors (Lipinski definition) is 2. The van der Waals surface area contributed by atoms with Crippen LogP contribution < -0.4 is 0 Å². The fourth-order valence-corrected chi connectivity index (χ4v) is 7.15. The van der Waals surface area contributed by atoms with E-state index in [4.69, 9.17) is 4.74 Å². The minimum absolute atomic E-state index is 0.297. The van der Waals surface area contributed by atoms with Gasteiger partial charge in [-0.05, 0) is 114 Å². The van der Waals surface area contributed by atoms with Gasteiger partial charge in [0.2, 0.25) is 0 Å². The Morgan fingerprint density at radius 1 is 1.16 bits per heavy atom. The Bertz CT molecular complexity index is 707. The Morgan fingerprint density at radius 3 is 2.59 bits per heavy atom. The Morgan fingerprint density at radius 2 is 1.91 bits per heavy atom. The van der Waals surface area contributed by atoms with Crippen LogP contribution in [0.3, 0.4) is 0 Å². The third kappa shape index (κ3) is 6.38. The van der Waals surface area contributed by atoms with Crippen molar-refractivity contribution in [1.29, 1.82) is 0 Å². The molecule has 0 bridgehead atoms. The molecule has 3 aliphatic carbocycles. The van der Waals surface area contributed by atoms with E-state index in [0.717, 1.165) is 49.9 Å². The number of ether oxygens (including phenoxy) is 1. The molecule has 2 heteroatoms. The lowest BCUT2D eigenvalue weighted by Gasteiger charge is -2.44. The topological polar surface area (TPSA) is 29.5 Å². The number of aliphatic hydroxyl groups is 1. The zero-order chi connectivity index (χ0) is 23.5. The molecule has 3 saturated carbocycles. The lowest BCUT2D eigenvalue weighted by atomic mass is 9.60. The van der Waals surface area contributed by atoms with Crippen molar-refractivity contribution in [2.24, 2.45) is 23.2 Å². The van der Waals surface area contributed by atoms with E-state index < -0.39 is 5.60 Å². The summed E-state index contributed by atoms with van der Waals surface area (Å²) in [6, 6.07) is 0. The van der Waals surface area contributed by atoms with Crippen LogP contribution in [0.15, 0.2) is 35.5 Å². The molecule has 1 N–H and O–H groups in total. The molecule has 0 aliphatic heterocycles. The van der Waals surface area contributed by atoms with Gasteiger partial charge in [0.25, 0.3) is 0 Å². The number of allylic oxidation sites excluding steroid dienone is 4. The molecule has 0 heterocycles. The number of hydrogen-bond donors (Lipinski definition) is 1. The molecule has 0 radical (unpaired) electrons. The average molecular weight is 443 g/mol. The molecule has 3 rings (SSSR count). The van der Waals surface area contributed by atoms with Crippen molar-refractivity contribution in [1.82, 2.24) is 0 Å². The van der Waals surface area contributed by atoms with Crippen LogP contribution in [0.4, 0.5) is 0 Å². The van der Waals surface area contributed by atoms with Crippen molar-refractivity contribution in [3.63, 3.8) is 0 Å². The van der Waals surface area contributed by atoms with Crippen LogP contribution in [0.25, 0.3) is 0 Å². The quantitative estimate of drug-likeness (QED) is 0.411. The van der Waals surface area contributed by atoms with Crippen LogP contribution >= 0.6 is 0 Å². The van der Waals surface area contributed by atoms with Gasteiger partial charge in [0.05, 0.1) is 17.8 Å². The maximum absolute atomic E-state index is 10.1. The highest BCUT2D eigenvalue weighted by Gasteiger charge is 2.50. The zero-order valence-corrected chi connectivity index (χ0v) is 21.9. The molecule has 182 valence electrons. The molecular formula is C30H50O2. The summed E-state index contributed by atoms with van der Waals surface area (Å²) >= 11 is 0. The Labute approximate surface area is 198 Å². The molecule has 2 nitrogen and oxygen atoms in total. The summed E-state index contributed by atoms with van der Waals surface area (Å²) in [6.07, 6.45) is 18.7. The van der Waals surface area contributed by atoms with Gasteiger partial charge in [-0.2, -0.15) is 0 Å². The monoisotopic (exact) mass is 442 g/mol. The van der Waals surface area contributed by atoms with Crippen molar-refractivity contribution in [2.45, 2.75) is 130 Å². The van der Waals surface area contributed by atoms with E-state index in [1.807, 2.05) is 13.8 Å². The van der Waals surface area contributed by atoms with E-state index in [0.29, 0.717) is 17.6 Å². The van der Waals surface area contributed by atoms with Gasteiger partial charge in [-0.1, -0.05) is 56.6 Å². The van der Waals surface area contributed by atoms with Gasteiger partial charge in [-0.15, -0.1) is 0 Å². The second kappa shape index (κ2) is 10.6. The van der Waals surface area contributed by atoms with E-state index in [9.17, 15) is 5.11 Å². The molecule has 0 spiro atoms. The first-order valence-corrected chi connectivity index (χ1v) is 13.4. The Kier molecular flexibility index (Phi) is 8.53. The Hall–Kier alpha value is -0.860. The predicted octanol–water partition coefficient (Wildman–Crippen LogP) is 8.17. The van der Waals surface area contributed by atoms with Gasteiger partial charge in [0.15, 0.2) is 0 Å². The smallest absolute Gasteiger partial charge is 0.0622 e. The van der Waals surface area contributed by atoms with Gasteiger partial charge in [0, 0.05) is 0 Å². The van der Waals surface area contributed by atoms with E-state index >= 15 is 0 Å². The lowest BCUT2D eigenvalue weighted by molar-refractivity contribution is 0.000800. The molecule has 0 aromatic rings. The first kappa shape index (κ1) is 25.8. The van der Waals surface area contributed by atoms with Crippen LogP contribution in [0.1, 0.15) is 112 Å². The SMILES string of the molecule is C=C1CC[C@H](OC(C)C)C/C1=C/C=C1\CCC[C@]2(C)[C@@H]([C@H](C)CCCC(C)(C)O)CC[C@@H]12. The summed E-state index contributed by atoms with van der Waals surface area (Å²) in [4.78, 5) is 0. The van der Waals surface area contributed by atoms with Crippen molar-refractivity contribution in [3.8, 4) is 0 Å². The van der Waals surface area contributed by atoms with E-state index in [1.54, 1.807) is 5.57 Å². The molecule has 3 fully saturated rings. The molecule has 32 heavy (non-hydrogen) atoms. The minimum atomic E-state index is -0.529. The van der Waals surface area contributed by atoms with Crippen LogP contribution in [-0.2, 0) is 4.74 Å². The first-order valence-electron chi connectivity index (χ1n) is 13.4. The van der Waals surface area contributed by atoms with Crippen LogP contribution in [0, 0.1) is 23.2 Å². The van der Waals surface area contributed by atoms with Crippen molar-refractivity contribution in [3.05, 3.63) is 35.5 Å². The molecule has 3 aliphatic rings. The van der Waals surface area contributed by atoms with Crippen LogP contribution in [0.5, 0.6) is 0 Å². The highest BCUT2D eigenvalue weighted by molar-refractivity contribution is 5.36. The van der Waals surface area contributed by atoms with Gasteiger partial charge < -0.3 is 9.84 Å². The fourth-order valence-electron chi connectivity index (χ4n) is 7.15. The van der Waals surface area contributed by atoms with E-state index in [1.165, 1.54) is 49.7 Å². The fraction of sp³-hybridized carbons (Fsp3) is 0.800. The standard InChI is InChI=1S/C30H50O2/c1-21(2)32-26-15-12-22(3)25(20-26)14-13-24-11-9-19-30(7)27(16-17-28(24)30)23(4)10-8-18-29(5,6)31/h13-14,21,23,26-28,31H,3,8-12,15-20H2,1-2,4-7H3/b24-13+,25-14-/t23-,26+,27-,28+,30-/m1/s1. The Balaban J connectivity index is 1.68. The largest absolute Gasteiger partial charge is 0.390 e. The summed E-state index contributed by atoms with van der Waals surface area (Å²) in [5.74, 6) is 2.31. The minimum Gasteiger partial charge on any atom is -0.390 e. The van der Waals surface area contributed by atoms with Crippen LogP contribution in [-0.4, -0.2) is 22.9 Å². The van der Waals surface area contributed by atoms with Crippen LogP contribution in [0.2, 0.25) is 0 Å².